The van der Waals surface area contributed by atoms with Crippen molar-refractivity contribution < 1.29 is 0 Å². The molecule has 1 N–H and O–H groups in total. The average Bonchev–Trinajstić information content (AvgIpc) is 2.37. The molecule has 1 aliphatic rings. The lowest BCUT2D eigenvalue weighted by Crippen LogP contribution is -2.64. The number of hydrogen-bond donors (Lipinski definition) is 1. The Morgan fingerprint density at radius 2 is 1.82 bits per heavy atom. The molecule has 1 rings (SSSR count). The van der Waals surface area contributed by atoms with Crippen LogP contribution >= 0.6 is 0 Å². The number of hydrogen-bond acceptors (Lipinski definition) is 2. The molecule has 1 aliphatic heterocycles. The summed E-state index contributed by atoms with van der Waals surface area (Å²) in [6, 6.07) is 0.725. The van der Waals surface area contributed by atoms with E-state index in [2.05, 4.69) is 37.9 Å². The zero-order valence-electron chi connectivity index (χ0n) is 12.4. The predicted molar refractivity (Wildman–Crippen MR) is 76.5 cm³/mol. The molecule has 0 aliphatic carbocycles. The Balaban J connectivity index is 2.64. The van der Waals surface area contributed by atoms with E-state index in [1.165, 1.54) is 58.2 Å². The fourth-order valence-electron chi connectivity index (χ4n) is 3.14. The Labute approximate surface area is 108 Å². The smallest absolute Gasteiger partial charge is 0.0329 e. The van der Waals surface area contributed by atoms with Crippen molar-refractivity contribution in [3.8, 4) is 0 Å². The van der Waals surface area contributed by atoms with E-state index in [4.69, 9.17) is 0 Å². The summed E-state index contributed by atoms with van der Waals surface area (Å²) in [7, 11) is 0. The molecule has 1 saturated heterocycles. The molecule has 102 valence electrons. The Bertz CT molecular complexity index is 199. The van der Waals surface area contributed by atoms with Gasteiger partial charge in [0.2, 0.25) is 0 Å². The summed E-state index contributed by atoms with van der Waals surface area (Å²) in [5.74, 6) is 0. The van der Waals surface area contributed by atoms with Crippen molar-refractivity contribution in [2.45, 2.75) is 77.8 Å². The highest BCUT2D eigenvalue weighted by atomic mass is 15.3. The van der Waals surface area contributed by atoms with Crippen molar-refractivity contribution in [1.29, 1.82) is 0 Å². The molecule has 1 fully saturated rings. The van der Waals surface area contributed by atoms with Gasteiger partial charge in [-0.05, 0) is 32.2 Å². The second-order valence-electron chi connectivity index (χ2n) is 5.60. The normalized spacial score (nSPS) is 25.1. The fraction of sp³-hybridized carbons (Fsp3) is 1.00. The maximum atomic E-state index is 3.78. The molecule has 0 amide bonds. The first-order valence-corrected chi connectivity index (χ1v) is 7.70. The summed E-state index contributed by atoms with van der Waals surface area (Å²) in [5, 5.41) is 3.78. The maximum absolute atomic E-state index is 3.78. The molecular formula is C15H32N2. The van der Waals surface area contributed by atoms with Gasteiger partial charge >= 0.3 is 0 Å². The summed E-state index contributed by atoms with van der Waals surface area (Å²) in [6.45, 7) is 13.0. The summed E-state index contributed by atoms with van der Waals surface area (Å²) in [6.07, 6.45) is 7.83. The van der Waals surface area contributed by atoms with Gasteiger partial charge in [-0.3, -0.25) is 4.90 Å². The lowest BCUT2D eigenvalue weighted by atomic mass is 9.86. The van der Waals surface area contributed by atoms with Gasteiger partial charge in [0.15, 0.2) is 0 Å². The molecule has 17 heavy (non-hydrogen) atoms. The molecule has 2 heteroatoms. The first-order valence-electron chi connectivity index (χ1n) is 7.70. The van der Waals surface area contributed by atoms with Gasteiger partial charge in [0.05, 0.1) is 0 Å². The molecule has 0 aromatic heterocycles. The molecule has 0 radical (unpaired) electrons. The number of unbranched alkanes of at least 4 members (excludes halogenated alkanes) is 1. The minimum Gasteiger partial charge on any atom is -0.311 e. The van der Waals surface area contributed by atoms with Crippen molar-refractivity contribution in [2.24, 2.45) is 0 Å². The molecular weight excluding hydrogens is 208 g/mol. The van der Waals surface area contributed by atoms with Crippen molar-refractivity contribution in [3.63, 3.8) is 0 Å². The zero-order valence-corrected chi connectivity index (χ0v) is 12.4. The van der Waals surface area contributed by atoms with E-state index in [9.17, 15) is 0 Å². The average molecular weight is 240 g/mol. The van der Waals surface area contributed by atoms with Gasteiger partial charge in [0.25, 0.3) is 0 Å². The van der Waals surface area contributed by atoms with Crippen LogP contribution in [0.2, 0.25) is 0 Å². The third kappa shape index (κ3) is 3.69. The van der Waals surface area contributed by atoms with Crippen LogP contribution in [0.15, 0.2) is 0 Å². The Hall–Kier alpha value is -0.0800. The van der Waals surface area contributed by atoms with E-state index in [1.807, 2.05) is 0 Å². The highest BCUT2D eigenvalue weighted by Crippen LogP contribution is 2.28. The van der Waals surface area contributed by atoms with E-state index < -0.39 is 0 Å². The standard InChI is InChI=1S/C15H32N2/c1-5-9-11-17-12-14(10-6-2)16-13-15(17,7-3)8-4/h14,16H,5-13H2,1-4H3. The maximum Gasteiger partial charge on any atom is 0.0329 e. The van der Waals surface area contributed by atoms with E-state index in [0.29, 0.717) is 5.54 Å². The fourth-order valence-corrected chi connectivity index (χ4v) is 3.14. The van der Waals surface area contributed by atoms with E-state index in [1.54, 1.807) is 0 Å². The molecule has 1 unspecified atom stereocenters. The largest absolute Gasteiger partial charge is 0.311 e. The van der Waals surface area contributed by atoms with Crippen LogP contribution < -0.4 is 5.32 Å². The number of rotatable bonds is 7. The van der Waals surface area contributed by atoms with Crippen molar-refractivity contribution in [3.05, 3.63) is 0 Å². The molecule has 0 spiro atoms. The minimum atomic E-state index is 0.430. The van der Waals surface area contributed by atoms with Crippen LogP contribution in [0.4, 0.5) is 0 Å². The molecule has 1 heterocycles. The van der Waals surface area contributed by atoms with Crippen molar-refractivity contribution >= 4 is 0 Å². The molecule has 0 bridgehead atoms. The SMILES string of the molecule is CCCCN1CC(CCC)NCC1(CC)CC. The third-order valence-corrected chi connectivity index (χ3v) is 4.57. The Morgan fingerprint density at radius 1 is 1.12 bits per heavy atom. The quantitative estimate of drug-likeness (QED) is 0.733. The first kappa shape index (κ1) is 15.0. The molecule has 0 saturated carbocycles. The summed E-state index contributed by atoms with van der Waals surface area (Å²) >= 11 is 0. The highest BCUT2D eigenvalue weighted by Gasteiger charge is 2.37. The lowest BCUT2D eigenvalue weighted by molar-refractivity contribution is 0.0288. The van der Waals surface area contributed by atoms with Gasteiger partial charge < -0.3 is 5.32 Å². The second kappa shape index (κ2) is 7.38. The minimum absolute atomic E-state index is 0.430. The van der Waals surface area contributed by atoms with Gasteiger partial charge in [-0.1, -0.05) is 40.5 Å². The molecule has 2 nitrogen and oxygen atoms in total. The third-order valence-electron chi connectivity index (χ3n) is 4.57. The van der Waals surface area contributed by atoms with Crippen LogP contribution in [0.3, 0.4) is 0 Å². The zero-order chi connectivity index (χ0) is 12.7. The summed E-state index contributed by atoms with van der Waals surface area (Å²) in [5.41, 5.74) is 0.430. The van der Waals surface area contributed by atoms with Crippen molar-refractivity contribution in [2.75, 3.05) is 19.6 Å². The summed E-state index contributed by atoms with van der Waals surface area (Å²) < 4.78 is 0. The van der Waals surface area contributed by atoms with Crippen LogP contribution in [-0.2, 0) is 0 Å². The number of nitrogens with one attached hydrogen (secondary N) is 1. The Kier molecular flexibility index (Phi) is 6.50. The Morgan fingerprint density at radius 3 is 2.35 bits per heavy atom. The van der Waals surface area contributed by atoms with Crippen LogP contribution in [0.1, 0.15) is 66.2 Å². The number of nitrogens with zero attached hydrogens (tertiary/aromatic N) is 1. The first-order chi connectivity index (χ1) is 8.22. The van der Waals surface area contributed by atoms with Crippen LogP contribution in [0.5, 0.6) is 0 Å². The van der Waals surface area contributed by atoms with Crippen LogP contribution in [0, 0.1) is 0 Å². The van der Waals surface area contributed by atoms with E-state index >= 15 is 0 Å². The van der Waals surface area contributed by atoms with Gasteiger partial charge in [0.1, 0.15) is 0 Å². The van der Waals surface area contributed by atoms with E-state index in [-0.39, 0.29) is 0 Å². The summed E-state index contributed by atoms with van der Waals surface area (Å²) in [4.78, 5) is 2.79. The van der Waals surface area contributed by atoms with Gasteiger partial charge in [-0.25, -0.2) is 0 Å². The molecule has 0 aromatic rings. The predicted octanol–water partition coefficient (Wildman–Crippen LogP) is 3.42. The van der Waals surface area contributed by atoms with E-state index in [0.717, 1.165) is 6.04 Å². The molecule has 1 atom stereocenters. The van der Waals surface area contributed by atoms with Crippen LogP contribution in [0.25, 0.3) is 0 Å². The second-order valence-corrected chi connectivity index (χ2v) is 5.60. The van der Waals surface area contributed by atoms with Crippen molar-refractivity contribution in [1.82, 2.24) is 10.2 Å². The van der Waals surface area contributed by atoms with Gasteiger partial charge in [-0.15, -0.1) is 0 Å². The monoisotopic (exact) mass is 240 g/mol. The molecule has 0 aromatic carbocycles. The highest BCUT2D eigenvalue weighted by molar-refractivity contribution is 4.97. The van der Waals surface area contributed by atoms with Gasteiger partial charge in [-0.2, -0.15) is 0 Å². The van der Waals surface area contributed by atoms with Gasteiger partial charge in [0, 0.05) is 24.7 Å². The number of piperazine rings is 1. The topological polar surface area (TPSA) is 15.3 Å². The van der Waals surface area contributed by atoms with Crippen LogP contribution in [-0.4, -0.2) is 36.1 Å². The lowest BCUT2D eigenvalue weighted by Gasteiger charge is -2.50.